The maximum atomic E-state index is 13.2. The Kier molecular flexibility index (Phi) is 5.93. The van der Waals surface area contributed by atoms with E-state index in [0.29, 0.717) is 16.4 Å². The highest BCUT2D eigenvalue weighted by Crippen LogP contribution is 2.30. The average Bonchev–Trinajstić information content (AvgIpc) is 3.07. The number of sulfonamides is 1. The van der Waals surface area contributed by atoms with Gasteiger partial charge < -0.3 is 0 Å². The predicted molar refractivity (Wildman–Crippen MR) is 112 cm³/mol. The molecule has 3 aromatic rings. The molecule has 0 atom stereocenters. The highest BCUT2D eigenvalue weighted by molar-refractivity contribution is 7.89. The number of hydrogen-bond donors (Lipinski definition) is 1. The first-order valence-corrected chi connectivity index (χ1v) is 11.1. The predicted octanol–water partition coefficient (Wildman–Crippen LogP) is 4.12. The van der Waals surface area contributed by atoms with E-state index in [-0.39, 0.29) is 16.8 Å². The summed E-state index contributed by atoms with van der Waals surface area (Å²) in [4.78, 5) is 19.3. The fourth-order valence-corrected chi connectivity index (χ4v) is 4.69. The molecule has 0 saturated heterocycles. The van der Waals surface area contributed by atoms with Gasteiger partial charge in [0.15, 0.2) is 5.13 Å². The van der Waals surface area contributed by atoms with Crippen molar-refractivity contribution in [1.82, 2.24) is 9.71 Å². The molecule has 3 rings (SSSR count). The average molecular weight is 416 g/mol. The van der Waals surface area contributed by atoms with Gasteiger partial charge in [-0.15, -0.1) is 11.3 Å². The molecule has 8 heteroatoms. The van der Waals surface area contributed by atoms with Crippen LogP contribution in [0, 0.1) is 6.92 Å². The highest BCUT2D eigenvalue weighted by Gasteiger charge is 2.23. The quantitative estimate of drug-likeness (QED) is 0.657. The monoisotopic (exact) mass is 415 g/mol. The number of amides is 1. The molecule has 6 nitrogen and oxygen atoms in total. The van der Waals surface area contributed by atoms with Gasteiger partial charge in [-0.1, -0.05) is 18.2 Å². The summed E-state index contributed by atoms with van der Waals surface area (Å²) >= 11 is 1.38. The summed E-state index contributed by atoms with van der Waals surface area (Å²) in [7, 11) is -3.61. The Morgan fingerprint density at radius 3 is 2.25 bits per heavy atom. The van der Waals surface area contributed by atoms with Crippen LogP contribution < -0.4 is 9.62 Å². The van der Waals surface area contributed by atoms with Crippen LogP contribution in [0.4, 0.5) is 10.8 Å². The fraction of sp³-hybridized carbons (Fsp3) is 0.200. The number of nitrogens with one attached hydrogen (secondary N) is 1. The van der Waals surface area contributed by atoms with Gasteiger partial charge in [-0.3, -0.25) is 9.69 Å². The van der Waals surface area contributed by atoms with Gasteiger partial charge in [0.1, 0.15) is 0 Å². The number of carbonyl (C=O) groups excluding carboxylic acids is 1. The SMILES string of the molecule is Cc1csc(N(C(=O)c2ccc(S(=O)(=O)NC(C)C)cc2)c2ccccc2)n1. The Morgan fingerprint density at radius 2 is 1.71 bits per heavy atom. The molecular formula is C20H21N3O3S2. The summed E-state index contributed by atoms with van der Waals surface area (Å²) in [5, 5.41) is 2.44. The molecule has 0 aliphatic heterocycles. The molecule has 2 aromatic carbocycles. The molecule has 0 bridgehead atoms. The minimum Gasteiger partial charge on any atom is -0.268 e. The fourth-order valence-electron chi connectivity index (χ4n) is 2.62. The van der Waals surface area contributed by atoms with Crippen molar-refractivity contribution in [2.75, 3.05) is 4.90 Å². The third-order valence-corrected chi connectivity index (χ3v) is 6.44. The second kappa shape index (κ2) is 8.22. The minimum absolute atomic E-state index is 0.120. The summed E-state index contributed by atoms with van der Waals surface area (Å²) in [5.41, 5.74) is 1.90. The van der Waals surface area contributed by atoms with E-state index in [4.69, 9.17) is 0 Å². The summed E-state index contributed by atoms with van der Waals surface area (Å²) in [6, 6.07) is 14.9. The van der Waals surface area contributed by atoms with Crippen molar-refractivity contribution in [3.63, 3.8) is 0 Å². The number of aromatic nitrogens is 1. The summed E-state index contributed by atoms with van der Waals surface area (Å²) in [5.74, 6) is -0.277. The van der Waals surface area contributed by atoms with Crippen LogP contribution in [0.5, 0.6) is 0 Å². The van der Waals surface area contributed by atoms with Gasteiger partial charge in [0.05, 0.1) is 16.3 Å². The molecule has 1 aromatic heterocycles. The third-order valence-electron chi connectivity index (χ3n) is 3.82. The van der Waals surface area contributed by atoms with E-state index >= 15 is 0 Å². The molecule has 1 heterocycles. The van der Waals surface area contributed by atoms with Crippen molar-refractivity contribution in [2.24, 2.45) is 0 Å². The first-order chi connectivity index (χ1) is 13.3. The van der Waals surface area contributed by atoms with Gasteiger partial charge in [-0.2, -0.15) is 0 Å². The zero-order valence-corrected chi connectivity index (χ0v) is 17.4. The van der Waals surface area contributed by atoms with E-state index in [1.807, 2.05) is 42.6 Å². The van der Waals surface area contributed by atoms with Crippen molar-refractivity contribution in [2.45, 2.75) is 31.7 Å². The number of rotatable bonds is 6. The van der Waals surface area contributed by atoms with Crippen LogP contribution in [0.2, 0.25) is 0 Å². The Balaban J connectivity index is 1.96. The number of hydrogen-bond acceptors (Lipinski definition) is 5. The van der Waals surface area contributed by atoms with E-state index in [9.17, 15) is 13.2 Å². The number of thiazole rings is 1. The molecule has 1 N–H and O–H groups in total. The number of benzene rings is 2. The maximum Gasteiger partial charge on any atom is 0.264 e. The summed E-state index contributed by atoms with van der Waals surface area (Å²) in [6.07, 6.45) is 0. The van der Waals surface area contributed by atoms with Crippen molar-refractivity contribution in [3.05, 3.63) is 71.2 Å². The first kappa shape index (κ1) is 20.2. The highest BCUT2D eigenvalue weighted by atomic mass is 32.2. The van der Waals surface area contributed by atoms with Gasteiger partial charge in [-0.05, 0) is 57.2 Å². The third kappa shape index (κ3) is 4.46. The molecule has 0 aliphatic carbocycles. The number of para-hydroxylation sites is 1. The van der Waals surface area contributed by atoms with E-state index in [2.05, 4.69) is 9.71 Å². The van der Waals surface area contributed by atoms with Crippen LogP contribution in [0.25, 0.3) is 0 Å². The van der Waals surface area contributed by atoms with Crippen LogP contribution in [-0.4, -0.2) is 25.4 Å². The number of carbonyl (C=O) groups is 1. The molecule has 0 unspecified atom stereocenters. The van der Waals surface area contributed by atoms with E-state index < -0.39 is 10.0 Å². The van der Waals surface area contributed by atoms with Crippen LogP contribution in [-0.2, 0) is 10.0 Å². The molecule has 0 fully saturated rings. The summed E-state index contributed by atoms with van der Waals surface area (Å²) in [6.45, 7) is 5.38. The van der Waals surface area contributed by atoms with Crippen molar-refractivity contribution < 1.29 is 13.2 Å². The smallest absolute Gasteiger partial charge is 0.264 e. The number of nitrogens with zero attached hydrogens (tertiary/aromatic N) is 2. The molecule has 0 spiro atoms. The van der Waals surface area contributed by atoms with Gasteiger partial charge in [0, 0.05) is 17.0 Å². The molecule has 0 aliphatic rings. The van der Waals surface area contributed by atoms with E-state index in [0.717, 1.165) is 5.69 Å². The molecule has 0 radical (unpaired) electrons. The lowest BCUT2D eigenvalue weighted by atomic mass is 10.2. The molecular weight excluding hydrogens is 394 g/mol. The Morgan fingerprint density at radius 1 is 1.07 bits per heavy atom. The number of anilines is 2. The van der Waals surface area contributed by atoms with Crippen LogP contribution >= 0.6 is 11.3 Å². The number of aryl methyl sites for hydroxylation is 1. The second-order valence-corrected chi connectivity index (χ2v) is 9.10. The molecule has 1 amide bonds. The Labute approximate surface area is 168 Å². The van der Waals surface area contributed by atoms with E-state index in [1.54, 1.807) is 13.8 Å². The lowest BCUT2D eigenvalue weighted by Gasteiger charge is -2.20. The van der Waals surface area contributed by atoms with Crippen molar-refractivity contribution >= 4 is 38.1 Å². The second-order valence-electron chi connectivity index (χ2n) is 6.55. The standard InChI is InChI=1S/C20H21N3O3S2/c1-14(2)22-28(25,26)18-11-9-16(10-12-18)19(24)23(17-7-5-4-6-8-17)20-21-15(3)13-27-20/h4-14,22H,1-3H3. The minimum atomic E-state index is -3.61. The van der Waals surface area contributed by atoms with Gasteiger partial charge >= 0.3 is 0 Å². The van der Waals surface area contributed by atoms with Crippen LogP contribution in [0.15, 0.2) is 64.9 Å². The zero-order valence-electron chi connectivity index (χ0n) is 15.8. The topological polar surface area (TPSA) is 79.4 Å². The van der Waals surface area contributed by atoms with Gasteiger partial charge in [-0.25, -0.2) is 18.1 Å². The lowest BCUT2D eigenvalue weighted by Crippen LogP contribution is -2.30. The molecule has 0 saturated carbocycles. The van der Waals surface area contributed by atoms with Crippen LogP contribution in [0.3, 0.4) is 0 Å². The first-order valence-electron chi connectivity index (χ1n) is 8.72. The molecule has 28 heavy (non-hydrogen) atoms. The lowest BCUT2D eigenvalue weighted by molar-refractivity contribution is 0.0999. The Bertz CT molecular complexity index is 1060. The Hall–Kier alpha value is -2.55. The maximum absolute atomic E-state index is 13.2. The normalized spacial score (nSPS) is 11.6. The van der Waals surface area contributed by atoms with Gasteiger partial charge in [0.2, 0.25) is 10.0 Å². The van der Waals surface area contributed by atoms with Crippen LogP contribution in [0.1, 0.15) is 29.9 Å². The van der Waals surface area contributed by atoms with Gasteiger partial charge in [0.25, 0.3) is 5.91 Å². The van der Waals surface area contributed by atoms with Crippen molar-refractivity contribution in [1.29, 1.82) is 0 Å². The van der Waals surface area contributed by atoms with Crippen molar-refractivity contribution in [3.8, 4) is 0 Å². The summed E-state index contributed by atoms with van der Waals surface area (Å²) < 4.78 is 27.1. The van der Waals surface area contributed by atoms with E-state index in [1.165, 1.54) is 40.5 Å². The largest absolute Gasteiger partial charge is 0.268 e. The zero-order chi connectivity index (χ0) is 20.3. The molecule has 146 valence electrons.